The predicted octanol–water partition coefficient (Wildman–Crippen LogP) is 0.481. The molecule has 0 spiro atoms. The molecule has 82 valence electrons. The molecule has 0 aliphatic carbocycles. The van der Waals surface area contributed by atoms with Gasteiger partial charge in [0.25, 0.3) is 0 Å². The minimum atomic E-state index is 0.542. The zero-order valence-corrected chi connectivity index (χ0v) is 8.90. The van der Waals surface area contributed by atoms with Crippen molar-refractivity contribution in [3.63, 3.8) is 0 Å². The molecule has 0 aromatic carbocycles. The Bertz CT molecular complexity index is 522. The van der Waals surface area contributed by atoms with Crippen LogP contribution in [0, 0.1) is 6.92 Å². The van der Waals surface area contributed by atoms with Crippen molar-refractivity contribution in [3.8, 4) is 11.5 Å². The van der Waals surface area contributed by atoms with Gasteiger partial charge in [-0.1, -0.05) is 5.16 Å². The molecule has 0 bridgehead atoms. The van der Waals surface area contributed by atoms with E-state index in [4.69, 9.17) is 4.52 Å². The molecule has 16 heavy (non-hydrogen) atoms. The summed E-state index contributed by atoms with van der Waals surface area (Å²) in [6, 6.07) is 0. The Morgan fingerprint density at radius 1 is 1.38 bits per heavy atom. The highest BCUT2D eigenvalue weighted by molar-refractivity contribution is 5.55. The summed E-state index contributed by atoms with van der Waals surface area (Å²) in [7, 11) is 0. The Morgan fingerprint density at radius 3 is 3.12 bits per heavy atom. The van der Waals surface area contributed by atoms with Crippen LogP contribution in [0.4, 0.5) is 0 Å². The van der Waals surface area contributed by atoms with Gasteiger partial charge in [0.2, 0.25) is 11.7 Å². The number of nitrogens with zero attached hydrogens (tertiary/aromatic N) is 4. The van der Waals surface area contributed by atoms with E-state index in [1.54, 1.807) is 13.3 Å². The molecule has 0 amide bonds. The van der Waals surface area contributed by atoms with Gasteiger partial charge in [-0.05, 0) is 0 Å². The monoisotopic (exact) mass is 217 g/mol. The third-order valence-corrected chi connectivity index (χ3v) is 2.61. The molecule has 0 unspecified atom stereocenters. The second kappa shape index (κ2) is 3.64. The van der Waals surface area contributed by atoms with Gasteiger partial charge in [-0.25, -0.2) is 9.97 Å². The van der Waals surface area contributed by atoms with Gasteiger partial charge in [0.1, 0.15) is 12.0 Å². The van der Waals surface area contributed by atoms with Crippen molar-refractivity contribution in [3.05, 3.63) is 23.5 Å². The summed E-state index contributed by atoms with van der Waals surface area (Å²) in [4.78, 5) is 12.7. The first-order valence-corrected chi connectivity index (χ1v) is 5.19. The van der Waals surface area contributed by atoms with Crippen LogP contribution in [0.5, 0.6) is 0 Å². The average Bonchev–Trinajstić information content (AvgIpc) is 2.75. The van der Waals surface area contributed by atoms with Crippen molar-refractivity contribution in [1.29, 1.82) is 0 Å². The van der Waals surface area contributed by atoms with Gasteiger partial charge in [0.05, 0.1) is 5.69 Å². The zero-order chi connectivity index (χ0) is 11.0. The van der Waals surface area contributed by atoms with Crippen LogP contribution in [0.15, 0.2) is 10.9 Å². The van der Waals surface area contributed by atoms with Crippen LogP contribution in [0.2, 0.25) is 0 Å². The lowest BCUT2D eigenvalue weighted by Crippen LogP contribution is -2.25. The van der Waals surface area contributed by atoms with E-state index in [2.05, 4.69) is 25.4 Å². The first-order chi connectivity index (χ1) is 7.84. The van der Waals surface area contributed by atoms with Crippen LogP contribution >= 0.6 is 0 Å². The number of hydrogen-bond donors (Lipinski definition) is 1. The van der Waals surface area contributed by atoms with Crippen molar-refractivity contribution >= 4 is 0 Å². The lowest BCUT2D eigenvalue weighted by Gasteiger charge is -2.16. The molecule has 0 radical (unpaired) electrons. The number of aryl methyl sites for hydroxylation is 1. The van der Waals surface area contributed by atoms with Crippen LogP contribution in [-0.2, 0) is 13.0 Å². The second-order valence-electron chi connectivity index (χ2n) is 3.71. The summed E-state index contributed by atoms with van der Waals surface area (Å²) in [5.41, 5.74) is 2.93. The van der Waals surface area contributed by atoms with Crippen molar-refractivity contribution in [2.75, 3.05) is 6.54 Å². The summed E-state index contributed by atoms with van der Waals surface area (Å²) in [5, 5.41) is 7.18. The molecular formula is C10H11N5O. The number of rotatable bonds is 1. The zero-order valence-electron chi connectivity index (χ0n) is 8.90. The third kappa shape index (κ3) is 1.47. The lowest BCUT2D eigenvalue weighted by molar-refractivity contribution is 0.394. The van der Waals surface area contributed by atoms with E-state index in [0.717, 1.165) is 36.5 Å². The highest BCUT2D eigenvalue weighted by Crippen LogP contribution is 2.22. The van der Waals surface area contributed by atoms with E-state index in [1.165, 1.54) is 0 Å². The second-order valence-corrected chi connectivity index (χ2v) is 3.71. The highest BCUT2D eigenvalue weighted by Gasteiger charge is 2.19. The molecule has 6 heteroatoms. The number of aromatic nitrogens is 4. The van der Waals surface area contributed by atoms with Crippen LogP contribution in [0.3, 0.4) is 0 Å². The van der Waals surface area contributed by atoms with Gasteiger partial charge < -0.3 is 9.84 Å². The summed E-state index contributed by atoms with van der Waals surface area (Å²) in [6.07, 6.45) is 2.48. The molecule has 1 aliphatic rings. The Labute approximate surface area is 92.1 Å². The fourth-order valence-corrected chi connectivity index (χ4v) is 1.86. The smallest absolute Gasteiger partial charge is 0.223 e. The number of hydrogen-bond acceptors (Lipinski definition) is 6. The minimum Gasteiger partial charge on any atom is -0.339 e. The molecule has 0 fully saturated rings. The maximum absolute atomic E-state index is 4.97. The Kier molecular flexibility index (Phi) is 2.14. The fraction of sp³-hybridized carbons (Fsp3) is 0.400. The van der Waals surface area contributed by atoms with Crippen molar-refractivity contribution in [2.24, 2.45) is 0 Å². The molecule has 3 heterocycles. The number of nitrogens with one attached hydrogen (secondary N) is 1. The van der Waals surface area contributed by atoms with Gasteiger partial charge in [-0.3, -0.25) is 0 Å². The van der Waals surface area contributed by atoms with Gasteiger partial charge in [0, 0.05) is 32.0 Å². The molecule has 0 saturated carbocycles. The first kappa shape index (κ1) is 9.41. The average molecular weight is 217 g/mol. The molecule has 6 nitrogen and oxygen atoms in total. The van der Waals surface area contributed by atoms with E-state index < -0.39 is 0 Å². The summed E-state index contributed by atoms with van der Waals surface area (Å²) < 4.78 is 4.97. The van der Waals surface area contributed by atoms with Gasteiger partial charge >= 0.3 is 0 Å². The van der Waals surface area contributed by atoms with E-state index in [-0.39, 0.29) is 0 Å². The molecule has 0 saturated heterocycles. The largest absolute Gasteiger partial charge is 0.339 e. The van der Waals surface area contributed by atoms with Crippen LogP contribution in [-0.4, -0.2) is 26.7 Å². The van der Waals surface area contributed by atoms with E-state index in [0.29, 0.717) is 11.7 Å². The topological polar surface area (TPSA) is 76.7 Å². The van der Waals surface area contributed by atoms with E-state index in [9.17, 15) is 0 Å². The molecule has 2 aromatic rings. The summed E-state index contributed by atoms with van der Waals surface area (Å²) >= 11 is 0. The van der Waals surface area contributed by atoms with Gasteiger partial charge in [0.15, 0.2) is 0 Å². The lowest BCUT2D eigenvalue weighted by atomic mass is 10.1. The minimum absolute atomic E-state index is 0.542. The van der Waals surface area contributed by atoms with Crippen molar-refractivity contribution < 1.29 is 4.52 Å². The Hall–Kier alpha value is -1.82. The summed E-state index contributed by atoms with van der Waals surface area (Å²) in [6.45, 7) is 3.48. The first-order valence-electron chi connectivity index (χ1n) is 5.19. The van der Waals surface area contributed by atoms with Crippen molar-refractivity contribution in [1.82, 2.24) is 25.4 Å². The van der Waals surface area contributed by atoms with Crippen LogP contribution in [0.1, 0.15) is 17.1 Å². The molecule has 1 aliphatic heterocycles. The predicted molar refractivity (Wildman–Crippen MR) is 55.5 cm³/mol. The maximum atomic E-state index is 4.97. The standard InChI is InChI=1S/C10H11N5O/c1-6-14-10(15-16-6)9-7-4-11-3-2-8(7)12-5-13-9/h5,11H,2-4H2,1H3. The molecule has 1 N–H and O–H groups in total. The normalized spacial score (nSPS) is 14.8. The third-order valence-electron chi connectivity index (χ3n) is 2.61. The summed E-state index contributed by atoms with van der Waals surface area (Å²) in [5.74, 6) is 1.09. The van der Waals surface area contributed by atoms with Crippen LogP contribution < -0.4 is 5.32 Å². The SMILES string of the molecule is Cc1nc(-c2ncnc3c2CNCC3)no1. The Balaban J connectivity index is 2.13. The van der Waals surface area contributed by atoms with E-state index in [1.807, 2.05) is 0 Å². The maximum Gasteiger partial charge on any atom is 0.223 e. The number of fused-ring (bicyclic) bond motifs is 1. The van der Waals surface area contributed by atoms with Gasteiger partial charge in [-0.15, -0.1) is 0 Å². The fourth-order valence-electron chi connectivity index (χ4n) is 1.86. The quantitative estimate of drug-likeness (QED) is 0.748. The molecule has 3 rings (SSSR count). The molecular weight excluding hydrogens is 206 g/mol. The van der Waals surface area contributed by atoms with Crippen LogP contribution in [0.25, 0.3) is 11.5 Å². The van der Waals surface area contributed by atoms with E-state index >= 15 is 0 Å². The van der Waals surface area contributed by atoms with Gasteiger partial charge in [-0.2, -0.15) is 4.98 Å². The molecule has 2 aromatic heterocycles. The molecule has 0 atom stereocenters. The Morgan fingerprint density at radius 2 is 2.31 bits per heavy atom. The van der Waals surface area contributed by atoms with Crippen molar-refractivity contribution in [2.45, 2.75) is 19.9 Å². The highest BCUT2D eigenvalue weighted by atomic mass is 16.5.